The third-order valence-corrected chi connectivity index (χ3v) is 24.9. The van der Waals surface area contributed by atoms with E-state index < -0.39 is 18.4 Å². The van der Waals surface area contributed by atoms with Gasteiger partial charge in [-0.1, -0.05) is 0 Å². The summed E-state index contributed by atoms with van der Waals surface area (Å²) in [6.45, 7) is 19.5. The molecule has 1 rings (SSSR count). The average Bonchev–Trinajstić information content (AvgIpc) is 3.30. The molecule has 2 atom stereocenters. The Bertz CT molecular complexity index is 328. The van der Waals surface area contributed by atoms with Crippen molar-refractivity contribution < 1.29 is 0 Å². The van der Waals surface area contributed by atoms with Crippen LogP contribution in [0.4, 0.5) is 0 Å². The summed E-state index contributed by atoms with van der Waals surface area (Å²) in [6.07, 6.45) is 11.8. The summed E-state index contributed by atoms with van der Waals surface area (Å²) in [5, 5.41) is 0. The van der Waals surface area contributed by atoms with Crippen LogP contribution in [-0.4, -0.2) is 41.9 Å². The van der Waals surface area contributed by atoms with Crippen molar-refractivity contribution in [2.24, 2.45) is 5.92 Å². The maximum atomic E-state index is 2.90. The molecule has 1 fully saturated rings. The van der Waals surface area contributed by atoms with Gasteiger partial charge in [-0.05, 0) is 0 Å². The van der Waals surface area contributed by atoms with Crippen LogP contribution in [0, 0.1) is 5.92 Å². The van der Waals surface area contributed by atoms with Gasteiger partial charge >= 0.3 is 165 Å². The van der Waals surface area contributed by atoms with E-state index in [1.54, 1.807) is 19.7 Å². The molecule has 0 aromatic rings. The third kappa shape index (κ3) is 6.12. The summed E-state index contributed by atoms with van der Waals surface area (Å²) in [5.74, 6) is 0.845. The Morgan fingerprint density at radius 1 is 0.840 bits per heavy atom. The Hall–Kier alpha value is 0.759. The molecule has 0 heterocycles. The van der Waals surface area contributed by atoms with Crippen molar-refractivity contribution in [3.63, 3.8) is 0 Å². The second-order valence-electron chi connectivity index (χ2n) is 9.30. The number of rotatable bonds is 15. The van der Waals surface area contributed by atoms with Crippen LogP contribution in [0.5, 0.6) is 0 Å². The molecule has 0 aromatic heterocycles. The van der Waals surface area contributed by atoms with Gasteiger partial charge in [0.05, 0.1) is 0 Å². The third-order valence-electron chi connectivity index (χ3n) is 7.02. The molecule has 0 unspecified atom stereocenters. The monoisotopic (exact) mass is 459 g/mol. The van der Waals surface area contributed by atoms with Gasteiger partial charge in [0, 0.05) is 0 Å². The van der Waals surface area contributed by atoms with E-state index in [2.05, 4.69) is 53.4 Å². The van der Waals surface area contributed by atoms with Crippen LogP contribution >= 0.6 is 0 Å². The zero-order chi connectivity index (χ0) is 18.9. The SMILES string of the molecule is CCC[CH2][Sn]([CH2]CCC)([CH2]CCC)[C@@H]1C[C@@]1(CC(C)C)N(CC)CC. The van der Waals surface area contributed by atoms with Crippen LogP contribution in [-0.2, 0) is 0 Å². The van der Waals surface area contributed by atoms with Crippen molar-refractivity contribution in [1.82, 2.24) is 4.90 Å². The van der Waals surface area contributed by atoms with Crippen LogP contribution in [0.2, 0.25) is 17.2 Å². The van der Waals surface area contributed by atoms with E-state index in [0.717, 1.165) is 9.85 Å². The number of hydrogen-bond acceptors (Lipinski definition) is 1. The molecule has 0 bridgehead atoms. The van der Waals surface area contributed by atoms with Gasteiger partial charge in [0.1, 0.15) is 0 Å². The number of nitrogens with zero attached hydrogens (tertiary/aromatic N) is 1. The molecule has 0 saturated heterocycles. The first kappa shape index (κ1) is 23.8. The zero-order valence-corrected chi connectivity index (χ0v) is 21.6. The van der Waals surface area contributed by atoms with Gasteiger partial charge in [-0.2, -0.15) is 0 Å². The molecule has 0 aliphatic heterocycles. The molecular formula is C23H49NSn. The number of unbranched alkanes of at least 4 members (excludes halogenated alkanes) is 3. The van der Waals surface area contributed by atoms with Crippen molar-refractivity contribution in [3.8, 4) is 0 Å². The minimum absolute atomic E-state index is 0.614. The molecule has 0 aromatic carbocycles. The topological polar surface area (TPSA) is 3.24 Å². The molecule has 25 heavy (non-hydrogen) atoms. The van der Waals surface area contributed by atoms with Crippen molar-refractivity contribution in [3.05, 3.63) is 0 Å². The fraction of sp³-hybridized carbons (Fsp3) is 1.00. The molecule has 1 aliphatic carbocycles. The summed E-state index contributed by atoms with van der Waals surface area (Å²) >= 11 is -2.08. The van der Waals surface area contributed by atoms with Crippen LogP contribution in [0.1, 0.15) is 99.8 Å². The van der Waals surface area contributed by atoms with Crippen molar-refractivity contribution in [1.29, 1.82) is 0 Å². The minimum atomic E-state index is -2.08. The van der Waals surface area contributed by atoms with Gasteiger partial charge in [0.25, 0.3) is 0 Å². The maximum absolute atomic E-state index is 2.90. The van der Waals surface area contributed by atoms with E-state index in [4.69, 9.17) is 0 Å². The van der Waals surface area contributed by atoms with Gasteiger partial charge < -0.3 is 0 Å². The Morgan fingerprint density at radius 3 is 1.60 bits per heavy atom. The molecule has 1 saturated carbocycles. The Balaban J connectivity index is 3.12. The fourth-order valence-corrected chi connectivity index (χ4v) is 26.4. The van der Waals surface area contributed by atoms with Gasteiger partial charge in [0.15, 0.2) is 0 Å². The quantitative estimate of drug-likeness (QED) is 0.227. The van der Waals surface area contributed by atoms with E-state index in [1.807, 2.05) is 0 Å². The first-order chi connectivity index (χ1) is 12.0. The second-order valence-corrected chi connectivity index (χ2v) is 23.4. The number of hydrogen-bond donors (Lipinski definition) is 0. The van der Waals surface area contributed by atoms with Crippen molar-refractivity contribution in [2.45, 2.75) is 123 Å². The van der Waals surface area contributed by atoms with Gasteiger partial charge in [-0.3, -0.25) is 0 Å². The normalized spacial score (nSPS) is 23.6. The molecule has 0 radical (unpaired) electrons. The van der Waals surface area contributed by atoms with Crippen LogP contribution < -0.4 is 0 Å². The molecule has 2 heteroatoms. The molecule has 1 aliphatic rings. The standard InChI is InChI=1S/C11H22N.3C4H9.Sn/c1-5-12(6-2)11(7-8-11)9-10(3)4;3*1-3-4-2;/h7,10H,5-6,8-9H2,1-4H3;3*1,3-4H2,2H3;/t11-;;;;/m0..../s1. The predicted octanol–water partition coefficient (Wildman–Crippen LogP) is 7.74. The average molecular weight is 458 g/mol. The van der Waals surface area contributed by atoms with Crippen LogP contribution in [0.25, 0.3) is 0 Å². The first-order valence-electron chi connectivity index (χ1n) is 11.7. The zero-order valence-electron chi connectivity index (χ0n) is 18.8. The van der Waals surface area contributed by atoms with E-state index in [-0.39, 0.29) is 0 Å². The van der Waals surface area contributed by atoms with Gasteiger partial charge in [0.2, 0.25) is 0 Å². The summed E-state index contributed by atoms with van der Waals surface area (Å²) in [6, 6.07) is 0. The Labute approximate surface area is 164 Å². The first-order valence-corrected chi connectivity index (χ1v) is 19.4. The second kappa shape index (κ2) is 11.6. The van der Waals surface area contributed by atoms with E-state index in [0.29, 0.717) is 5.54 Å². The molecule has 1 nitrogen and oxygen atoms in total. The summed E-state index contributed by atoms with van der Waals surface area (Å²) < 4.78 is 6.24. The Morgan fingerprint density at radius 2 is 1.28 bits per heavy atom. The summed E-state index contributed by atoms with van der Waals surface area (Å²) in [4.78, 5) is 2.90. The van der Waals surface area contributed by atoms with Crippen molar-refractivity contribution >= 4 is 18.4 Å². The van der Waals surface area contributed by atoms with Crippen LogP contribution in [0.15, 0.2) is 0 Å². The summed E-state index contributed by atoms with van der Waals surface area (Å²) in [7, 11) is 0. The van der Waals surface area contributed by atoms with E-state index in [1.165, 1.54) is 58.0 Å². The molecule has 0 N–H and O–H groups in total. The molecule has 150 valence electrons. The fourth-order valence-electron chi connectivity index (χ4n) is 5.83. The van der Waals surface area contributed by atoms with Crippen LogP contribution in [0.3, 0.4) is 0 Å². The van der Waals surface area contributed by atoms with Gasteiger partial charge in [-0.15, -0.1) is 0 Å². The van der Waals surface area contributed by atoms with E-state index in [9.17, 15) is 0 Å². The molecule has 0 spiro atoms. The Kier molecular flexibility index (Phi) is 11.0. The van der Waals surface area contributed by atoms with E-state index >= 15 is 0 Å². The summed E-state index contributed by atoms with van der Waals surface area (Å²) in [5.41, 5.74) is 0.614. The predicted molar refractivity (Wildman–Crippen MR) is 118 cm³/mol. The molecular weight excluding hydrogens is 409 g/mol. The van der Waals surface area contributed by atoms with Crippen molar-refractivity contribution in [2.75, 3.05) is 13.1 Å². The molecule has 0 amide bonds. The van der Waals surface area contributed by atoms with Gasteiger partial charge in [-0.25, -0.2) is 0 Å².